The van der Waals surface area contributed by atoms with E-state index in [-0.39, 0.29) is 36.9 Å². The number of nitrogens with one attached hydrogen (secondary N) is 2. The van der Waals surface area contributed by atoms with E-state index in [9.17, 15) is 14.4 Å². The first kappa shape index (κ1) is 28.3. The largest absolute Gasteiger partial charge is 0.449 e. The average Bonchev–Trinajstić information content (AvgIpc) is 3.21. The molecule has 1 aliphatic rings. The molecule has 2 aromatic rings. The molecule has 0 aliphatic heterocycles. The fraction of sp³-hybridized carbons (Fsp3) is 0.483. The number of alkyl carbamates (subject to hydrolysis) is 1. The van der Waals surface area contributed by atoms with Gasteiger partial charge in [-0.05, 0) is 60.9 Å². The van der Waals surface area contributed by atoms with Crippen molar-refractivity contribution in [1.29, 1.82) is 0 Å². The second kappa shape index (κ2) is 13.9. The van der Waals surface area contributed by atoms with Crippen LogP contribution >= 0.6 is 0 Å². The summed E-state index contributed by atoms with van der Waals surface area (Å²) in [4.78, 5) is 37.1. The highest BCUT2D eigenvalue weighted by Gasteiger charge is 2.33. The zero-order valence-electron chi connectivity index (χ0n) is 22.0. The number of aryl methyl sites for hydroxylation is 1. The van der Waals surface area contributed by atoms with Crippen molar-refractivity contribution in [2.75, 3.05) is 33.4 Å². The molecule has 2 atom stereocenters. The Balaban J connectivity index is 1.84. The van der Waals surface area contributed by atoms with Crippen LogP contribution in [0, 0.1) is 0 Å². The molecule has 0 heterocycles. The summed E-state index contributed by atoms with van der Waals surface area (Å²) in [5.41, 5.74) is 5.47. The maximum absolute atomic E-state index is 13.3. The molecule has 0 radical (unpaired) electrons. The number of benzene rings is 2. The Morgan fingerprint density at radius 2 is 1.92 bits per heavy atom. The van der Waals surface area contributed by atoms with E-state index in [2.05, 4.69) is 16.7 Å². The molecule has 0 saturated heterocycles. The smallest absolute Gasteiger partial charge is 0.406 e. The fourth-order valence-electron chi connectivity index (χ4n) is 4.72. The van der Waals surface area contributed by atoms with E-state index in [4.69, 9.17) is 14.6 Å². The monoisotopic (exact) mass is 510 g/mol. The summed E-state index contributed by atoms with van der Waals surface area (Å²) >= 11 is 0. The van der Waals surface area contributed by atoms with Crippen LogP contribution in [0.2, 0.25) is 0 Å². The summed E-state index contributed by atoms with van der Waals surface area (Å²) in [5, 5.41) is 14.3. The van der Waals surface area contributed by atoms with E-state index in [1.165, 1.54) is 7.05 Å². The third-order valence-electron chi connectivity index (χ3n) is 6.62. The minimum Gasteiger partial charge on any atom is -0.449 e. The quantitative estimate of drug-likeness (QED) is 0.262. The third kappa shape index (κ3) is 7.40. The van der Waals surface area contributed by atoms with Crippen LogP contribution in [0.1, 0.15) is 72.5 Å². The molecule has 0 bridgehead atoms. The van der Waals surface area contributed by atoms with Crippen molar-refractivity contribution in [2.45, 2.75) is 58.0 Å². The predicted molar refractivity (Wildman–Crippen MR) is 142 cm³/mol. The Kier molecular flexibility index (Phi) is 10.7. The van der Waals surface area contributed by atoms with Gasteiger partial charge in [0, 0.05) is 51.1 Å². The molecule has 1 aliphatic carbocycles. The van der Waals surface area contributed by atoms with E-state index < -0.39 is 6.09 Å². The van der Waals surface area contributed by atoms with Gasteiger partial charge in [-0.2, -0.15) is 0 Å². The van der Waals surface area contributed by atoms with Crippen LogP contribution in [0.15, 0.2) is 36.4 Å². The number of hydrogen-bond donors (Lipinski definition) is 3. The zero-order chi connectivity index (χ0) is 26.8. The summed E-state index contributed by atoms with van der Waals surface area (Å²) < 4.78 is 11.1. The van der Waals surface area contributed by atoms with Gasteiger partial charge in [0.05, 0.1) is 6.10 Å². The molecule has 37 heavy (non-hydrogen) atoms. The Bertz CT molecular complexity index is 1100. The normalized spacial score (nSPS) is 14.4. The van der Waals surface area contributed by atoms with Crippen LogP contribution in [-0.2, 0) is 20.7 Å². The van der Waals surface area contributed by atoms with Crippen LogP contribution in [0.25, 0.3) is 11.1 Å². The van der Waals surface area contributed by atoms with Gasteiger partial charge in [-0.25, -0.2) is 4.79 Å². The summed E-state index contributed by atoms with van der Waals surface area (Å²) in [5.74, 6) is -0.162. The highest BCUT2D eigenvalue weighted by Crippen LogP contribution is 2.47. The molecule has 0 saturated carbocycles. The summed E-state index contributed by atoms with van der Waals surface area (Å²) in [6.45, 7) is 5.08. The average molecular weight is 511 g/mol. The number of Topliss-reactive ketones (excluding diaryl/α,β-unsaturated/α-hetero) is 1. The van der Waals surface area contributed by atoms with Crippen molar-refractivity contribution in [3.8, 4) is 11.1 Å². The fourth-order valence-corrected chi connectivity index (χ4v) is 4.72. The molecule has 3 N–H and O–H groups in total. The molecule has 0 spiro atoms. The van der Waals surface area contributed by atoms with Crippen molar-refractivity contribution in [1.82, 2.24) is 10.6 Å². The number of hydrogen-bond acceptors (Lipinski definition) is 6. The van der Waals surface area contributed by atoms with Gasteiger partial charge < -0.3 is 25.2 Å². The van der Waals surface area contributed by atoms with E-state index in [1.807, 2.05) is 44.2 Å². The number of aliphatic hydroxyl groups is 1. The SMILES string of the molecule is CCNC(=O)CCc1ccc2c(c1)C(COC(=O)NC)c1cccc(C(=O)CCCOC(C)CCO)c1-2. The lowest BCUT2D eigenvalue weighted by Gasteiger charge is -2.15. The van der Waals surface area contributed by atoms with Gasteiger partial charge in [0.1, 0.15) is 6.61 Å². The van der Waals surface area contributed by atoms with Gasteiger partial charge in [-0.3, -0.25) is 9.59 Å². The Morgan fingerprint density at radius 3 is 2.65 bits per heavy atom. The standard InChI is InChI=1S/C29H38N2O6/c1-4-31-27(34)13-11-20-10-12-22-24(17-20)25(18-37-29(35)30-3)21-7-5-8-23(28(21)22)26(33)9-6-16-36-19(2)14-15-32/h5,7-8,10,12,17,19,25,32H,4,6,9,11,13-16,18H2,1-3H3,(H,30,35)(H,31,34). The molecule has 2 aromatic carbocycles. The lowest BCUT2D eigenvalue weighted by atomic mass is 9.93. The highest BCUT2D eigenvalue weighted by molar-refractivity contribution is 6.04. The number of rotatable bonds is 14. The highest BCUT2D eigenvalue weighted by atomic mass is 16.5. The van der Waals surface area contributed by atoms with Gasteiger partial charge in [-0.1, -0.05) is 36.4 Å². The first-order valence-electron chi connectivity index (χ1n) is 13.0. The van der Waals surface area contributed by atoms with Crippen LogP contribution in [0.5, 0.6) is 0 Å². The number of carbonyl (C=O) groups excluding carboxylic acids is 3. The van der Waals surface area contributed by atoms with Crippen molar-refractivity contribution in [3.63, 3.8) is 0 Å². The molecule has 8 heteroatoms. The third-order valence-corrected chi connectivity index (χ3v) is 6.62. The van der Waals surface area contributed by atoms with Crippen molar-refractivity contribution >= 4 is 17.8 Å². The first-order chi connectivity index (χ1) is 17.9. The lowest BCUT2D eigenvalue weighted by Crippen LogP contribution is -2.23. The molecule has 8 nitrogen and oxygen atoms in total. The minimum atomic E-state index is -0.509. The molecule has 0 fully saturated rings. The van der Waals surface area contributed by atoms with Gasteiger partial charge in [0.15, 0.2) is 5.78 Å². The maximum atomic E-state index is 13.3. The molecule has 200 valence electrons. The van der Waals surface area contributed by atoms with Gasteiger partial charge in [0.25, 0.3) is 0 Å². The van der Waals surface area contributed by atoms with Gasteiger partial charge in [-0.15, -0.1) is 0 Å². The molecular formula is C29H38N2O6. The van der Waals surface area contributed by atoms with Crippen LogP contribution in [0.3, 0.4) is 0 Å². The number of carbonyl (C=O) groups is 3. The number of ether oxygens (including phenoxy) is 2. The Morgan fingerprint density at radius 1 is 1.11 bits per heavy atom. The number of ketones is 1. The lowest BCUT2D eigenvalue weighted by molar-refractivity contribution is -0.120. The van der Waals surface area contributed by atoms with Gasteiger partial charge in [0.2, 0.25) is 5.91 Å². The van der Waals surface area contributed by atoms with E-state index in [0.29, 0.717) is 50.8 Å². The minimum absolute atomic E-state index is 0.00778. The topological polar surface area (TPSA) is 114 Å². The van der Waals surface area contributed by atoms with Gasteiger partial charge >= 0.3 is 6.09 Å². The zero-order valence-corrected chi connectivity index (χ0v) is 22.0. The van der Waals surface area contributed by atoms with Crippen LogP contribution < -0.4 is 10.6 Å². The van der Waals surface area contributed by atoms with Crippen molar-refractivity contribution < 1.29 is 29.0 Å². The van der Waals surface area contributed by atoms with Crippen LogP contribution in [0.4, 0.5) is 4.79 Å². The summed E-state index contributed by atoms with van der Waals surface area (Å²) in [6, 6.07) is 11.8. The first-order valence-corrected chi connectivity index (χ1v) is 13.0. The van der Waals surface area contributed by atoms with Crippen molar-refractivity contribution in [2.24, 2.45) is 0 Å². The molecule has 3 rings (SSSR count). The number of amides is 2. The summed E-state index contributed by atoms with van der Waals surface area (Å²) in [6.07, 6.45) is 1.94. The molecule has 2 amide bonds. The molecule has 0 aromatic heterocycles. The summed E-state index contributed by atoms with van der Waals surface area (Å²) in [7, 11) is 1.52. The van der Waals surface area contributed by atoms with E-state index >= 15 is 0 Å². The van der Waals surface area contributed by atoms with Crippen molar-refractivity contribution in [3.05, 3.63) is 58.7 Å². The van der Waals surface area contributed by atoms with E-state index in [0.717, 1.165) is 27.8 Å². The Labute approximate surface area is 218 Å². The maximum Gasteiger partial charge on any atom is 0.406 e. The molecular weight excluding hydrogens is 472 g/mol. The molecule has 2 unspecified atom stereocenters. The van der Waals surface area contributed by atoms with E-state index in [1.54, 1.807) is 0 Å². The second-order valence-electron chi connectivity index (χ2n) is 9.27. The Hall–Kier alpha value is -3.23. The predicted octanol–water partition coefficient (Wildman–Crippen LogP) is 3.97. The second-order valence-corrected chi connectivity index (χ2v) is 9.27. The number of aliphatic hydroxyl groups excluding tert-OH is 1. The number of fused-ring (bicyclic) bond motifs is 3. The van der Waals surface area contributed by atoms with Crippen LogP contribution in [-0.4, -0.2) is 62.4 Å².